The van der Waals surface area contributed by atoms with Crippen LogP contribution in [0.15, 0.2) is 231 Å². The van der Waals surface area contributed by atoms with Gasteiger partial charge in [-0.25, -0.2) is 0 Å². The Kier molecular flexibility index (Phi) is 8.19. The Labute approximate surface area is 338 Å². The van der Waals surface area contributed by atoms with Crippen molar-refractivity contribution >= 4 is 60.4 Å². The van der Waals surface area contributed by atoms with Crippen LogP contribution in [-0.2, 0) is 0 Å². The molecule has 11 rings (SSSR count). The number of aromatic nitrogens is 1. The van der Waals surface area contributed by atoms with E-state index in [1.807, 2.05) is 0 Å². The van der Waals surface area contributed by atoms with Crippen molar-refractivity contribution in [3.63, 3.8) is 0 Å². The first-order chi connectivity index (χ1) is 28.8. The van der Waals surface area contributed by atoms with Crippen molar-refractivity contribution in [1.29, 1.82) is 0 Å². The number of anilines is 3. The van der Waals surface area contributed by atoms with Crippen LogP contribution >= 0.6 is 0 Å². The molecule has 2 nitrogen and oxygen atoms in total. The molecule has 1 heterocycles. The highest BCUT2D eigenvalue weighted by atomic mass is 15.1. The molecule has 0 atom stereocenters. The summed E-state index contributed by atoms with van der Waals surface area (Å²) in [6.45, 7) is 0. The Hall–Kier alpha value is -7.68. The molecular formula is C56H38N2. The van der Waals surface area contributed by atoms with Gasteiger partial charge < -0.3 is 9.47 Å². The smallest absolute Gasteiger partial charge is 0.0619 e. The summed E-state index contributed by atoms with van der Waals surface area (Å²) < 4.78 is 2.42. The van der Waals surface area contributed by atoms with E-state index in [1.54, 1.807) is 0 Å². The van der Waals surface area contributed by atoms with E-state index in [9.17, 15) is 0 Å². The number of benzene rings is 10. The lowest BCUT2D eigenvalue weighted by Crippen LogP contribution is -2.11. The van der Waals surface area contributed by atoms with Gasteiger partial charge in [0.1, 0.15) is 0 Å². The predicted octanol–water partition coefficient (Wildman–Crippen LogP) is 15.6. The number of fused-ring (bicyclic) bond motifs is 6. The molecule has 0 amide bonds. The molecular weight excluding hydrogens is 701 g/mol. The molecule has 0 fully saturated rings. The van der Waals surface area contributed by atoms with Gasteiger partial charge >= 0.3 is 0 Å². The van der Waals surface area contributed by atoms with Crippen LogP contribution in [0.25, 0.3) is 82.4 Å². The second-order valence-electron chi connectivity index (χ2n) is 14.9. The van der Waals surface area contributed by atoms with Crippen LogP contribution in [0.4, 0.5) is 17.1 Å². The average molecular weight is 739 g/mol. The highest BCUT2D eigenvalue weighted by Gasteiger charge is 2.20. The second-order valence-corrected chi connectivity index (χ2v) is 14.9. The Bertz CT molecular complexity index is 3270. The summed E-state index contributed by atoms with van der Waals surface area (Å²) in [5.41, 5.74) is 14.0. The fraction of sp³-hybridized carbons (Fsp3) is 0. The van der Waals surface area contributed by atoms with Crippen molar-refractivity contribution in [2.75, 3.05) is 4.90 Å². The Balaban J connectivity index is 1.09. The van der Waals surface area contributed by atoms with Gasteiger partial charge in [0, 0.05) is 39.0 Å². The van der Waals surface area contributed by atoms with Crippen molar-refractivity contribution in [2.45, 2.75) is 0 Å². The molecule has 11 aromatic rings. The minimum absolute atomic E-state index is 1.09. The van der Waals surface area contributed by atoms with E-state index >= 15 is 0 Å². The average Bonchev–Trinajstić information content (AvgIpc) is 3.65. The number of rotatable bonds is 7. The monoisotopic (exact) mass is 738 g/mol. The van der Waals surface area contributed by atoms with Crippen molar-refractivity contribution in [2.24, 2.45) is 0 Å². The van der Waals surface area contributed by atoms with E-state index in [0.717, 1.165) is 28.3 Å². The molecule has 0 aliphatic carbocycles. The summed E-state index contributed by atoms with van der Waals surface area (Å²) in [5.74, 6) is 0. The second kappa shape index (κ2) is 14.1. The van der Waals surface area contributed by atoms with Gasteiger partial charge in [0.15, 0.2) is 0 Å². The molecule has 0 aliphatic heterocycles. The van der Waals surface area contributed by atoms with E-state index in [1.165, 1.54) is 71.2 Å². The highest BCUT2D eigenvalue weighted by Crippen LogP contribution is 2.44. The highest BCUT2D eigenvalue weighted by molar-refractivity contribution is 6.14. The van der Waals surface area contributed by atoms with Gasteiger partial charge in [-0.05, 0) is 92.3 Å². The Morgan fingerprint density at radius 3 is 1.76 bits per heavy atom. The minimum Gasteiger partial charge on any atom is -0.310 e. The predicted molar refractivity (Wildman–Crippen MR) is 247 cm³/mol. The zero-order valence-electron chi connectivity index (χ0n) is 31.8. The molecule has 0 N–H and O–H groups in total. The number of hydrogen-bond donors (Lipinski definition) is 0. The van der Waals surface area contributed by atoms with Crippen LogP contribution in [-0.4, -0.2) is 4.57 Å². The third-order valence-electron chi connectivity index (χ3n) is 11.6. The largest absolute Gasteiger partial charge is 0.310 e. The first-order valence-electron chi connectivity index (χ1n) is 19.9. The molecule has 0 saturated heterocycles. The first-order valence-corrected chi connectivity index (χ1v) is 19.9. The summed E-state index contributed by atoms with van der Waals surface area (Å²) in [7, 11) is 0. The maximum absolute atomic E-state index is 2.42. The molecule has 0 spiro atoms. The molecule has 0 bridgehead atoms. The quantitative estimate of drug-likeness (QED) is 0.148. The summed E-state index contributed by atoms with van der Waals surface area (Å²) in [5, 5.41) is 7.56. The maximum atomic E-state index is 2.42. The molecule has 10 aromatic carbocycles. The van der Waals surface area contributed by atoms with Gasteiger partial charge in [0.2, 0.25) is 0 Å². The van der Waals surface area contributed by atoms with Gasteiger partial charge in [-0.2, -0.15) is 0 Å². The van der Waals surface area contributed by atoms with Crippen LogP contribution in [0, 0.1) is 0 Å². The zero-order chi connectivity index (χ0) is 38.4. The summed E-state index contributed by atoms with van der Waals surface area (Å²) >= 11 is 0. The van der Waals surface area contributed by atoms with E-state index in [0.29, 0.717) is 0 Å². The minimum atomic E-state index is 1.09. The number of para-hydroxylation sites is 4. The standard InChI is InChI=1S/C56H38N2/c1-3-16-39(17-4-1)48-24-9-11-30-54(48)57(44-35-32-41(33-36-44)47-26-14-28-50-46-23-8-7-18-40(46)34-37-51(47)50)45-22-13-19-42(38-45)49-27-15-29-53-52-25-10-12-31-55(52)58(56(49)53)43-20-5-2-6-21-43/h1-38H. The molecule has 0 unspecified atom stereocenters. The molecule has 58 heavy (non-hydrogen) atoms. The maximum Gasteiger partial charge on any atom is 0.0619 e. The van der Waals surface area contributed by atoms with E-state index in [4.69, 9.17) is 0 Å². The Morgan fingerprint density at radius 2 is 0.914 bits per heavy atom. The van der Waals surface area contributed by atoms with Crippen LogP contribution in [0.3, 0.4) is 0 Å². The summed E-state index contributed by atoms with van der Waals surface area (Å²) in [6.07, 6.45) is 0. The molecule has 0 saturated carbocycles. The van der Waals surface area contributed by atoms with E-state index < -0.39 is 0 Å². The van der Waals surface area contributed by atoms with Gasteiger partial charge in [-0.3, -0.25) is 0 Å². The zero-order valence-corrected chi connectivity index (χ0v) is 31.8. The summed E-state index contributed by atoms with van der Waals surface area (Å²) in [4.78, 5) is 2.42. The van der Waals surface area contributed by atoms with Gasteiger partial charge in [0.05, 0.1) is 16.7 Å². The van der Waals surface area contributed by atoms with E-state index in [2.05, 4.69) is 240 Å². The van der Waals surface area contributed by atoms with Crippen molar-refractivity contribution in [3.8, 4) is 39.1 Å². The topological polar surface area (TPSA) is 8.17 Å². The lowest BCUT2D eigenvalue weighted by molar-refractivity contribution is 1.18. The van der Waals surface area contributed by atoms with Gasteiger partial charge in [-0.1, -0.05) is 182 Å². The number of hydrogen-bond acceptors (Lipinski definition) is 1. The SMILES string of the molecule is c1ccc(-c2ccccc2N(c2ccc(-c3cccc4c3ccc3ccccc34)cc2)c2cccc(-c3cccc4c5ccccc5n(-c5ccccc5)c34)c2)cc1. The third-order valence-corrected chi connectivity index (χ3v) is 11.6. The molecule has 0 radical (unpaired) electrons. The van der Waals surface area contributed by atoms with Gasteiger partial charge in [-0.15, -0.1) is 0 Å². The Morgan fingerprint density at radius 1 is 0.310 bits per heavy atom. The fourth-order valence-electron chi connectivity index (χ4n) is 8.95. The fourth-order valence-corrected chi connectivity index (χ4v) is 8.95. The van der Waals surface area contributed by atoms with Crippen LogP contribution in [0.2, 0.25) is 0 Å². The van der Waals surface area contributed by atoms with Crippen molar-refractivity contribution in [1.82, 2.24) is 4.57 Å². The number of nitrogens with zero attached hydrogens (tertiary/aromatic N) is 2. The third kappa shape index (κ3) is 5.66. The lowest BCUT2D eigenvalue weighted by atomic mass is 9.94. The first kappa shape index (κ1) is 33.6. The molecule has 272 valence electrons. The lowest BCUT2D eigenvalue weighted by Gasteiger charge is -2.28. The van der Waals surface area contributed by atoms with Gasteiger partial charge in [0.25, 0.3) is 0 Å². The van der Waals surface area contributed by atoms with E-state index in [-0.39, 0.29) is 0 Å². The normalized spacial score (nSPS) is 11.4. The summed E-state index contributed by atoms with van der Waals surface area (Å²) in [6, 6.07) is 83.6. The van der Waals surface area contributed by atoms with Crippen molar-refractivity contribution in [3.05, 3.63) is 231 Å². The van der Waals surface area contributed by atoms with Crippen LogP contribution < -0.4 is 4.90 Å². The molecule has 0 aliphatic rings. The van der Waals surface area contributed by atoms with Crippen molar-refractivity contribution < 1.29 is 0 Å². The molecule has 1 aromatic heterocycles. The van der Waals surface area contributed by atoms with Crippen LogP contribution in [0.1, 0.15) is 0 Å². The van der Waals surface area contributed by atoms with Crippen LogP contribution in [0.5, 0.6) is 0 Å². The molecule has 2 heteroatoms.